The molecule has 2 unspecified atom stereocenters. The molecule has 0 radical (unpaired) electrons. The first-order valence-electron chi connectivity index (χ1n) is 9.04. The van der Waals surface area contributed by atoms with Crippen LogP contribution < -0.4 is 10.1 Å². The van der Waals surface area contributed by atoms with Crippen molar-refractivity contribution in [3.8, 4) is 5.75 Å². The van der Waals surface area contributed by atoms with Crippen LogP contribution in [-0.4, -0.2) is 31.6 Å². The van der Waals surface area contributed by atoms with Gasteiger partial charge in [0.05, 0.1) is 18.6 Å². The first kappa shape index (κ1) is 18.8. The summed E-state index contributed by atoms with van der Waals surface area (Å²) in [7, 11) is 1.53. The van der Waals surface area contributed by atoms with Crippen molar-refractivity contribution in [3.05, 3.63) is 65.7 Å². The minimum Gasteiger partial charge on any atom is -0.496 e. The summed E-state index contributed by atoms with van der Waals surface area (Å²) < 4.78 is 5.26. The van der Waals surface area contributed by atoms with Gasteiger partial charge in [-0.2, -0.15) is 0 Å². The average Bonchev–Trinajstić information content (AvgIpc) is 2.73. The van der Waals surface area contributed by atoms with Gasteiger partial charge in [0.15, 0.2) is 0 Å². The lowest BCUT2D eigenvalue weighted by Crippen LogP contribution is -2.46. The Morgan fingerprint density at radius 3 is 2.59 bits per heavy atom. The molecule has 2 aromatic rings. The molecule has 1 amide bonds. The number of nitrogens with one attached hydrogen (secondary N) is 1. The highest BCUT2D eigenvalue weighted by atomic mass is 16.5. The highest BCUT2D eigenvalue weighted by molar-refractivity contribution is 5.97. The van der Waals surface area contributed by atoms with Gasteiger partial charge < -0.3 is 14.8 Å². The predicted molar refractivity (Wildman–Crippen MR) is 102 cm³/mol. The van der Waals surface area contributed by atoms with Gasteiger partial charge in [-0.15, -0.1) is 0 Å². The smallest absolute Gasteiger partial charge is 0.255 e. The van der Waals surface area contributed by atoms with Gasteiger partial charge in [0.2, 0.25) is 0 Å². The molecule has 0 bridgehead atoms. The Bertz CT molecular complexity index is 833. The zero-order valence-corrected chi connectivity index (χ0v) is 15.3. The maximum absolute atomic E-state index is 12.7. The number of ether oxygens (including phenoxy) is 1. The number of benzene rings is 2. The maximum atomic E-state index is 12.7. The minimum absolute atomic E-state index is 0.0207. The van der Waals surface area contributed by atoms with Crippen LogP contribution in [-0.2, 0) is 15.0 Å². The second-order valence-electron chi connectivity index (χ2n) is 6.94. The molecule has 2 aromatic carbocycles. The number of hydrogen-bond acceptors (Lipinski definition) is 4. The fourth-order valence-electron chi connectivity index (χ4n) is 3.80. The Balaban J connectivity index is 1.85. The van der Waals surface area contributed by atoms with Gasteiger partial charge in [-0.05, 0) is 30.5 Å². The first-order valence-corrected chi connectivity index (χ1v) is 9.04. The Morgan fingerprint density at radius 1 is 1.19 bits per heavy atom. The van der Waals surface area contributed by atoms with Crippen LogP contribution >= 0.6 is 0 Å². The number of carbonyl (C=O) groups is 3. The molecular weight excluding hydrogens is 342 g/mol. The Kier molecular flexibility index (Phi) is 5.69. The molecular formula is C22H23NO4. The van der Waals surface area contributed by atoms with Gasteiger partial charge in [-0.3, -0.25) is 9.59 Å². The van der Waals surface area contributed by atoms with E-state index in [-0.39, 0.29) is 11.7 Å². The lowest BCUT2D eigenvalue weighted by atomic mass is 9.65. The van der Waals surface area contributed by atoms with Crippen LogP contribution in [0.1, 0.15) is 35.2 Å². The van der Waals surface area contributed by atoms with Gasteiger partial charge in [-0.1, -0.05) is 42.5 Å². The molecule has 0 aliphatic heterocycles. The van der Waals surface area contributed by atoms with Gasteiger partial charge in [-0.25, -0.2) is 0 Å². The highest BCUT2D eigenvalue weighted by Crippen LogP contribution is 2.40. The number of ketones is 1. The molecule has 1 aliphatic rings. The molecule has 1 fully saturated rings. The molecule has 3 rings (SSSR count). The lowest BCUT2D eigenvalue weighted by Gasteiger charge is -2.39. The predicted octanol–water partition coefficient (Wildman–Crippen LogP) is 2.93. The highest BCUT2D eigenvalue weighted by Gasteiger charge is 2.41. The van der Waals surface area contributed by atoms with Crippen molar-refractivity contribution < 1.29 is 19.1 Å². The van der Waals surface area contributed by atoms with Crippen LogP contribution in [0.5, 0.6) is 5.75 Å². The van der Waals surface area contributed by atoms with Gasteiger partial charge in [0.25, 0.3) is 5.91 Å². The fraction of sp³-hybridized carbons (Fsp3) is 0.318. The van der Waals surface area contributed by atoms with Crippen LogP contribution in [0.4, 0.5) is 0 Å². The minimum atomic E-state index is -0.623. The van der Waals surface area contributed by atoms with Crippen LogP contribution in [0.25, 0.3) is 0 Å². The van der Waals surface area contributed by atoms with Crippen LogP contribution in [0, 0.1) is 5.92 Å². The molecule has 27 heavy (non-hydrogen) atoms. The number of Topliss-reactive ketones (excluding diaryl/α,β-unsaturated/α-hetero) is 1. The molecule has 1 aliphatic carbocycles. The zero-order valence-electron chi connectivity index (χ0n) is 15.3. The summed E-state index contributed by atoms with van der Waals surface area (Å²) in [6.45, 7) is 0.353. The van der Waals surface area contributed by atoms with Crippen molar-refractivity contribution in [1.29, 1.82) is 0 Å². The van der Waals surface area contributed by atoms with Gasteiger partial charge in [0.1, 0.15) is 17.8 Å². The third-order valence-electron chi connectivity index (χ3n) is 5.36. The molecule has 5 nitrogen and oxygen atoms in total. The molecule has 1 saturated carbocycles. The van der Waals surface area contributed by atoms with Crippen molar-refractivity contribution in [2.75, 3.05) is 13.7 Å². The summed E-state index contributed by atoms with van der Waals surface area (Å²) in [4.78, 5) is 36.2. The van der Waals surface area contributed by atoms with E-state index in [1.807, 2.05) is 36.4 Å². The molecule has 0 saturated heterocycles. The van der Waals surface area contributed by atoms with E-state index >= 15 is 0 Å². The summed E-state index contributed by atoms with van der Waals surface area (Å²) in [6.07, 6.45) is 2.09. The summed E-state index contributed by atoms with van der Waals surface area (Å²) in [5.74, 6) is -0.370. The van der Waals surface area contributed by atoms with Crippen molar-refractivity contribution in [1.82, 2.24) is 5.32 Å². The van der Waals surface area contributed by atoms with E-state index in [1.165, 1.54) is 7.11 Å². The quantitative estimate of drug-likeness (QED) is 0.631. The second kappa shape index (κ2) is 8.16. The molecule has 5 heteroatoms. The van der Waals surface area contributed by atoms with Crippen LogP contribution in [0.2, 0.25) is 0 Å². The summed E-state index contributed by atoms with van der Waals surface area (Å²) in [5.41, 5.74) is 1.05. The monoisotopic (exact) mass is 365 g/mol. The lowest BCUT2D eigenvalue weighted by molar-refractivity contribution is -0.130. The number of amides is 1. The van der Waals surface area contributed by atoms with E-state index in [0.717, 1.165) is 11.8 Å². The maximum Gasteiger partial charge on any atom is 0.255 e. The van der Waals surface area contributed by atoms with Gasteiger partial charge in [0, 0.05) is 18.4 Å². The third kappa shape index (κ3) is 3.92. The number of methoxy groups -OCH3 is 1. The van der Waals surface area contributed by atoms with Crippen molar-refractivity contribution in [2.24, 2.45) is 5.92 Å². The average molecular weight is 365 g/mol. The van der Waals surface area contributed by atoms with Crippen molar-refractivity contribution in [2.45, 2.75) is 24.7 Å². The largest absolute Gasteiger partial charge is 0.496 e. The normalized spacial score (nSPS) is 22.1. The first-order chi connectivity index (χ1) is 13.1. The van der Waals surface area contributed by atoms with Gasteiger partial charge >= 0.3 is 0 Å². The van der Waals surface area contributed by atoms with Crippen LogP contribution in [0.3, 0.4) is 0 Å². The molecule has 140 valence electrons. The van der Waals surface area contributed by atoms with Crippen molar-refractivity contribution in [3.63, 3.8) is 0 Å². The van der Waals surface area contributed by atoms with E-state index in [2.05, 4.69) is 5.32 Å². The van der Waals surface area contributed by atoms with Crippen LogP contribution in [0.15, 0.2) is 54.6 Å². The number of rotatable bonds is 6. The number of para-hydroxylation sites is 1. The summed E-state index contributed by atoms with van der Waals surface area (Å²) in [6, 6.07) is 16.8. The SMILES string of the molecule is COc1ccccc1C(=O)NCC1(c2ccccc2)CCC(=O)C(C=O)C1. The number of hydrogen-bond donors (Lipinski definition) is 1. The van der Waals surface area contributed by atoms with E-state index in [4.69, 9.17) is 4.74 Å². The summed E-state index contributed by atoms with van der Waals surface area (Å²) in [5, 5.41) is 3.00. The molecule has 0 heterocycles. The van der Waals surface area contributed by atoms with E-state index < -0.39 is 11.3 Å². The Hall–Kier alpha value is -2.95. The standard InChI is InChI=1S/C22H23NO4/c1-27-20-10-6-5-9-18(20)21(26)23-15-22(17-7-3-2-4-8-17)12-11-19(25)16(13-22)14-24/h2-10,14,16H,11-13,15H2,1H3,(H,23,26). The molecule has 0 spiro atoms. The topological polar surface area (TPSA) is 72.5 Å². The molecule has 0 aromatic heterocycles. The van der Waals surface area contributed by atoms with Crippen molar-refractivity contribution >= 4 is 18.0 Å². The Morgan fingerprint density at radius 2 is 1.89 bits per heavy atom. The fourth-order valence-corrected chi connectivity index (χ4v) is 3.80. The zero-order chi connectivity index (χ0) is 19.3. The van der Waals surface area contributed by atoms with E-state index in [0.29, 0.717) is 37.1 Å². The molecule has 1 N–H and O–H groups in total. The third-order valence-corrected chi connectivity index (χ3v) is 5.36. The summed E-state index contributed by atoms with van der Waals surface area (Å²) >= 11 is 0. The van der Waals surface area contributed by atoms with E-state index in [1.54, 1.807) is 18.2 Å². The second-order valence-corrected chi connectivity index (χ2v) is 6.94. The number of carbonyl (C=O) groups excluding carboxylic acids is 3. The Labute approximate surface area is 158 Å². The number of aldehydes is 1. The van der Waals surface area contributed by atoms with E-state index in [9.17, 15) is 14.4 Å². The molecule has 2 atom stereocenters.